The van der Waals surface area contributed by atoms with Crippen molar-refractivity contribution >= 4 is 11.6 Å². The van der Waals surface area contributed by atoms with E-state index in [1.165, 1.54) is 0 Å². The lowest BCUT2D eigenvalue weighted by Crippen LogP contribution is -2.59. The van der Waals surface area contributed by atoms with E-state index in [0.29, 0.717) is 0 Å². The number of anilines is 1. The van der Waals surface area contributed by atoms with Crippen LogP contribution in [-0.4, -0.2) is 40.8 Å². The second-order valence-electron chi connectivity index (χ2n) is 5.38. The fourth-order valence-electron chi connectivity index (χ4n) is 2.21. The molecule has 6 nitrogen and oxygen atoms in total. The molecule has 6 heteroatoms. The molecule has 0 saturated carbocycles. The van der Waals surface area contributed by atoms with Crippen LogP contribution in [0.3, 0.4) is 0 Å². The fraction of sp³-hybridized carbons (Fsp3) is 0.333. The number of carbonyl (C=O) groups excluding carboxylic acids is 1. The molecule has 2 N–H and O–H groups in total. The molecule has 1 aromatic carbocycles. The van der Waals surface area contributed by atoms with Gasteiger partial charge >= 0.3 is 0 Å². The summed E-state index contributed by atoms with van der Waals surface area (Å²) in [6.07, 6.45) is 5.23. The Kier molecular flexibility index (Phi) is 3.72. The highest BCUT2D eigenvalue weighted by atomic mass is 16.5. The van der Waals surface area contributed by atoms with Crippen LogP contribution >= 0.6 is 0 Å². The molecule has 1 saturated heterocycles. The van der Waals surface area contributed by atoms with E-state index in [2.05, 4.69) is 15.6 Å². The van der Waals surface area contributed by atoms with Crippen molar-refractivity contribution in [1.29, 1.82) is 0 Å². The number of hydrogen-bond acceptors (Lipinski definition) is 4. The van der Waals surface area contributed by atoms with Crippen molar-refractivity contribution in [1.82, 2.24) is 14.9 Å². The minimum atomic E-state index is -0.221. The summed E-state index contributed by atoms with van der Waals surface area (Å²) in [5.41, 5.74) is 1.39. The van der Waals surface area contributed by atoms with Crippen LogP contribution in [0.1, 0.15) is 6.92 Å². The van der Waals surface area contributed by atoms with Crippen LogP contribution in [0, 0.1) is 0 Å². The van der Waals surface area contributed by atoms with Crippen molar-refractivity contribution in [2.75, 3.05) is 25.0 Å². The zero-order valence-corrected chi connectivity index (χ0v) is 11.9. The third-order valence-corrected chi connectivity index (χ3v) is 3.51. The molecule has 1 aliphatic heterocycles. The van der Waals surface area contributed by atoms with Crippen LogP contribution in [0.5, 0.6) is 0 Å². The van der Waals surface area contributed by atoms with Crippen LogP contribution in [0.2, 0.25) is 0 Å². The van der Waals surface area contributed by atoms with Crippen molar-refractivity contribution in [3.05, 3.63) is 43.0 Å². The molecule has 0 bridgehead atoms. The molecule has 0 aliphatic carbocycles. The zero-order chi connectivity index (χ0) is 14.7. The van der Waals surface area contributed by atoms with Gasteiger partial charge in [-0.3, -0.25) is 4.79 Å². The molecule has 1 amide bonds. The predicted octanol–water partition coefficient (Wildman–Crippen LogP) is 1.19. The van der Waals surface area contributed by atoms with Gasteiger partial charge in [-0.05, 0) is 19.1 Å². The van der Waals surface area contributed by atoms with Gasteiger partial charge in [-0.2, -0.15) is 0 Å². The molecule has 21 heavy (non-hydrogen) atoms. The first-order valence-corrected chi connectivity index (χ1v) is 6.88. The van der Waals surface area contributed by atoms with Gasteiger partial charge in [0.1, 0.15) is 6.61 Å². The second-order valence-corrected chi connectivity index (χ2v) is 5.38. The van der Waals surface area contributed by atoms with Crippen LogP contribution in [0.4, 0.5) is 5.69 Å². The third-order valence-electron chi connectivity index (χ3n) is 3.51. The van der Waals surface area contributed by atoms with E-state index in [0.717, 1.165) is 24.5 Å². The van der Waals surface area contributed by atoms with Crippen LogP contribution in [-0.2, 0) is 9.53 Å². The molecule has 1 aliphatic rings. The van der Waals surface area contributed by atoms with Gasteiger partial charge in [-0.15, -0.1) is 0 Å². The van der Waals surface area contributed by atoms with Gasteiger partial charge in [-0.1, -0.05) is 12.1 Å². The Morgan fingerprint density at radius 1 is 1.48 bits per heavy atom. The second kappa shape index (κ2) is 5.67. The predicted molar refractivity (Wildman–Crippen MR) is 79.4 cm³/mol. The fourth-order valence-corrected chi connectivity index (χ4v) is 2.21. The Balaban J connectivity index is 1.66. The Morgan fingerprint density at radius 3 is 2.95 bits per heavy atom. The van der Waals surface area contributed by atoms with Crippen molar-refractivity contribution in [3.63, 3.8) is 0 Å². The van der Waals surface area contributed by atoms with E-state index in [1.54, 1.807) is 12.5 Å². The lowest BCUT2D eigenvalue weighted by atomic mass is 10.0. The zero-order valence-electron chi connectivity index (χ0n) is 11.9. The van der Waals surface area contributed by atoms with Crippen molar-refractivity contribution < 1.29 is 9.53 Å². The standard InChI is InChI=1S/C15H18N4O2/c1-15(9-17-10-15)21-8-14(20)18-12-4-2-3-5-13(12)19-7-6-16-11-19/h2-7,11,17H,8-10H2,1H3,(H,18,20). The number of nitrogens with one attached hydrogen (secondary N) is 2. The summed E-state index contributed by atoms with van der Waals surface area (Å²) in [5.74, 6) is -0.157. The summed E-state index contributed by atoms with van der Waals surface area (Å²) in [6.45, 7) is 3.62. The Hall–Kier alpha value is -2.18. The van der Waals surface area contributed by atoms with Crippen molar-refractivity contribution in [2.45, 2.75) is 12.5 Å². The highest BCUT2D eigenvalue weighted by Gasteiger charge is 2.33. The summed E-state index contributed by atoms with van der Waals surface area (Å²) in [5, 5.41) is 6.02. The summed E-state index contributed by atoms with van der Waals surface area (Å²) in [7, 11) is 0. The SMILES string of the molecule is CC1(OCC(=O)Nc2ccccc2-n2ccnc2)CNC1. The lowest BCUT2D eigenvalue weighted by molar-refractivity contribution is -0.130. The van der Waals surface area contributed by atoms with Gasteiger partial charge in [0.15, 0.2) is 0 Å². The number of aromatic nitrogens is 2. The average molecular weight is 286 g/mol. The molecule has 3 rings (SSSR count). The van der Waals surface area contributed by atoms with E-state index >= 15 is 0 Å². The first-order chi connectivity index (χ1) is 10.2. The first-order valence-electron chi connectivity index (χ1n) is 6.88. The summed E-state index contributed by atoms with van der Waals surface area (Å²) in [6, 6.07) is 7.59. The van der Waals surface area contributed by atoms with Crippen molar-refractivity contribution in [2.24, 2.45) is 0 Å². The third kappa shape index (κ3) is 3.12. The molecule has 0 unspecified atom stereocenters. The highest BCUT2D eigenvalue weighted by molar-refractivity contribution is 5.93. The molecule has 2 aromatic rings. The van der Waals surface area contributed by atoms with Crippen LogP contribution < -0.4 is 10.6 Å². The maximum Gasteiger partial charge on any atom is 0.250 e. The van der Waals surface area contributed by atoms with Crippen LogP contribution in [0.15, 0.2) is 43.0 Å². The van der Waals surface area contributed by atoms with Gasteiger partial charge in [0.05, 0.1) is 23.3 Å². The maximum atomic E-state index is 12.0. The Labute approximate surface area is 123 Å². The topological polar surface area (TPSA) is 68.2 Å². The number of imidazole rings is 1. The van der Waals surface area contributed by atoms with E-state index in [9.17, 15) is 4.79 Å². The number of nitrogens with zero attached hydrogens (tertiary/aromatic N) is 2. The molecular formula is C15H18N4O2. The number of para-hydroxylation sites is 2. The summed E-state index contributed by atoms with van der Waals surface area (Å²) >= 11 is 0. The number of hydrogen-bond donors (Lipinski definition) is 2. The molecule has 2 heterocycles. The highest BCUT2D eigenvalue weighted by Crippen LogP contribution is 2.20. The number of rotatable bonds is 5. The van der Waals surface area contributed by atoms with E-state index in [1.807, 2.05) is 42.0 Å². The monoisotopic (exact) mass is 286 g/mol. The minimum absolute atomic E-state index is 0.0520. The molecule has 0 spiro atoms. The van der Waals surface area contributed by atoms with Gasteiger partial charge < -0.3 is 19.9 Å². The largest absolute Gasteiger partial charge is 0.363 e. The molecule has 1 fully saturated rings. The number of amides is 1. The summed E-state index contributed by atoms with van der Waals surface area (Å²) < 4.78 is 7.49. The molecule has 110 valence electrons. The molecule has 0 radical (unpaired) electrons. The minimum Gasteiger partial charge on any atom is -0.363 e. The van der Waals surface area contributed by atoms with E-state index in [-0.39, 0.29) is 18.1 Å². The van der Waals surface area contributed by atoms with Crippen LogP contribution in [0.25, 0.3) is 5.69 Å². The quantitative estimate of drug-likeness (QED) is 0.866. The first kappa shape index (κ1) is 13.8. The number of benzene rings is 1. The van der Waals surface area contributed by atoms with E-state index in [4.69, 9.17) is 4.74 Å². The lowest BCUT2D eigenvalue weighted by Gasteiger charge is -2.38. The molecular weight excluding hydrogens is 268 g/mol. The Morgan fingerprint density at radius 2 is 2.29 bits per heavy atom. The van der Waals surface area contributed by atoms with Gasteiger partial charge in [-0.25, -0.2) is 4.98 Å². The number of ether oxygens (including phenoxy) is 1. The van der Waals surface area contributed by atoms with Gasteiger partial charge in [0, 0.05) is 25.5 Å². The molecule has 1 aromatic heterocycles. The maximum absolute atomic E-state index is 12.0. The van der Waals surface area contributed by atoms with Gasteiger partial charge in [0.2, 0.25) is 5.91 Å². The number of carbonyl (C=O) groups is 1. The Bertz CT molecular complexity index is 620. The van der Waals surface area contributed by atoms with Crippen molar-refractivity contribution in [3.8, 4) is 5.69 Å². The smallest absolute Gasteiger partial charge is 0.250 e. The summed E-state index contributed by atoms with van der Waals surface area (Å²) in [4.78, 5) is 16.1. The molecule has 0 atom stereocenters. The van der Waals surface area contributed by atoms with Gasteiger partial charge in [0.25, 0.3) is 0 Å². The normalized spacial score (nSPS) is 16.2. The van der Waals surface area contributed by atoms with E-state index < -0.39 is 0 Å². The average Bonchev–Trinajstić information content (AvgIpc) is 2.98.